The lowest BCUT2D eigenvalue weighted by Gasteiger charge is -2.37. The number of ether oxygens (including phenoxy) is 2. The summed E-state index contributed by atoms with van der Waals surface area (Å²) in [6.07, 6.45) is 1.65. The van der Waals surface area contributed by atoms with Gasteiger partial charge >= 0.3 is 5.97 Å². The molecule has 3 amide bonds. The summed E-state index contributed by atoms with van der Waals surface area (Å²) < 4.78 is 11.8. The van der Waals surface area contributed by atoms with Gasteiger partial charge in [-0.3, -0.25) is 19.2 Å². The maximum atomic E-state index is 15.0. The van der Waals surface area contributed by atoms with Crippen LogP contribution in [0.5, 0.6) is 0 Å². The van der Waals surface area contributed by atoms with Crippen molar-refractivity contribution >= 4 is 49.1 Å². The molecule has 290 valence electrons. The highest BCUT2D eigenvalue weighted by Crippen LogP contribution is 2.60. The highest BCUT2D eigenvalue weighted by Gasteiger charge is 2.66. The van der Waals surface area contributed by atoms with E-state index >= 15 is 4.79 Å². The molecule has 0 unspecified atom stereocenters. The minimum Gasteiger partial charge on any atom is -0.469 e. The molecule has 3 aromatic carbocycles. The SMILES string of the molecule is COC(=O)CCCCN1C(=O)[C@@]2(O[C@@H](CC(=O)N3Cc4ccccc4C[C@H]3CO)[C@H]([Si](C)(C)O)[C@H]2C)c2cc(N3N=C(c4ccccc4)CCC3=O)ccc21. The molecule has 0 aromatic heterocycles. The van der Waals surface area contributed by atoms with Crippen molar-refractivity contribution in [2.24, 2.45) is 11.0 Å². The van der Waals surface area contributed by atoms with E-state index in [1.165, 1.54) is 12.1 Å². The fourth-order valence-corrected chi connectivity index (χ4v) is 11.7. The first-order valence-electron chi connectivity index (χ1n) is 19.2. The Morgan fingerprint density at radius 2 is 1.73 bits per heavy atom. The van der Waals surface area contributed by atoms with Crippen molar-refractivity contribution in [1.82, 2.24) is 4.90 Å². The molecule has 2 N–H and O–H groups in total. The number of carbonyl (C=O) groups is 4. The molecule has 0 saturated carbocycles. The molecule has 0 aliphatic carbocycles. The molecule has 1 spiro atoms. The van der Waals surface area contributed by atoms with Crippen LogP contribution in [-0.4, -0.2) is 84.9 Å². The van der Waals surface area contributed by atoms with Crippen LogP contribution < -0.4 is 9.91 Å². The second-order valence-corrected chi connectivity index (χ2v) is 19.7. The van der Waals surface area contributed by atoms with Crippen LogP contribution >= 0.6 is 0 Å². The van der Waals surface area contributed by atoms with E-state index in [2.05, 4.69) is 0 Å². The van der Waals surface area contributed by atoms with Gasteiger partial charge in [0.1, 0.15) is 0 Å². The number of benzene rings is 3. The van der Waals surface area contributed by atoms with Crippen LogP contribution in [0.25, 0.3) is 0 Å². The van der Waals surface area contributed by atoms with Gasteiger partial charge in [0.15, 0.2) is 13.9 Å². The summed E-state index contributed by atoms with van der Waals surface area (Å²) in [4.78, 5) is 69.9. The molecule has 4 heterocycles. The Labute approximate surface area is 322 Å². The van der Waals surface area contributed by atoms with Gasteiger partial charge in [0.05, 0.1) is 49.4 Å². The van der Waals surface area contributed by atoms with E-state index in [1.807, 2.05) is 86.7 Å². The van der Waals surface area contributed by atoms with Crippen LogP contribution in [0.2, 0.25) is 18.6 Å². The van der Waals surface area contributed by atoms with E-state index in [4.69, 9.17) is 14.6 Å². The van der Waals surface area contributed by atoms with Crippen molar-refractivity contribution in [3.8, 4) is 0 Å². The number of aliphatic hydroxyl groups is 1. The lowest BCUT2D eigenvalue weighted by Crippen LogP contribution is -2.48. The van der Waals surface area contributed by atoms with E-state index in [1.54, 1.807) is 15.9 Å². The van der Waals surface area contributed by atoms with E-state index in [9.17, 15) is 24.3 Å². The van der Waals surface area contributed by atoms with Crippen LogP contribution in [0.15, 0.2) is 77.9 Å². The molecule has 13 heteroatoms. The predicted molar refractivity (Wildman–Crippen MR) is 210 cm³/mol. The summed E-state index contributed by atoms with van der Waals surface area (Å²) in [5.74, 6) is -1.57. The van der Waals surface area contributed by atoms with Crippen LogP contribution in [0.4, 0.5) is 11.4 Å². The molecule has 3 aromatic rings. The Hall–Kier alpha value is -4.69. The van der Waals surface area contributed by atoms with Gasteiger partial charge in [0.25, 0.3) is 5.91 Å². The van der Waals surface area contributed by atoms with Crippen molar-refractivity contribution in [3.05, 3.63) is 95.1 Å². The molecule has 1 fully saturated rings. The van der Waals surface area contributed by atoms with Gasteiger partial charge in [-0.1, -0.05) is 61.5 Å². The lowest BCUT2D eigenvalue weighted by atomic mass is 9.82. The normalized spacial score (nSPS) is 24.9. The van der Waals surface area contributed by atoms with Crippen LogP contribution in [-0.2, 0) is 47.2 Å². The van der Waals surface area contributed by atoms with Crippen LogP contribution in [0, 0.1) is 5.92 Å². The standard InChI is InChI=1S/C42H50N4O8Si/c1-27-40(55(3,4)52)36(24-38(49)45-25-30-15-9-8-14-29(30)22-32(45)26-47)54-42(27)33-23-31(46-37(48)20-18-34(43-46)28-12-6-5-7-13-28)17-19-35(33)44(41(42)51)21-11-10-16-39(50)53-2/h5-9,12-15,17,19,23,27,32,36,40,47,52H,10-11,16,18,20-22,24-26H2,1-4H3/t27-,32+,36+,40-,42+/m1/s1. The Morgan fingerprint density at radius 3 is 2.44 bits per heavy atom. The van der Waals surface area contributed by atoms with Crippen molar-refractivity contribution in [1.29, 1.82) is 0 Å². The van der Waals surface area contributed by atoms with Crippen LogP contribution in [0.3, 0.4) is 0 Å². The monoisotopic (exact) mass is 766 g/mol. The fourth-order valence-electron chi connectivity index (χ4n) is 9.18. The van der Waals surface area contributed by atoms with Crippen LogP contribution in [0.1, 0.15) is 67.7 Å². The molecular weight excluding hydrogens is 717 g/mol. The Kier molecular flexibility index (Phi) is 10.8. The first kappa shape index (κ1) is 38.6. The average Bonchev–Trinajstić information content (AvgIpc) is 3.61. The largest absolute Gasteiger partial charge is 0.469 e. The molecule has 12 nitrogen and oxygen atoms in total. The van der Waals surface area contributed by atoms with Crippen molar-refractivity contribution < 1.29 is 38.6 Å². The van der Waals surface area contributed by atoms with Crippen molar-refractivity contribution in [2.75, 3.05) is 30.2 Å². The smallest absolute Gasteiger partial charge is 0.305 e. The lowest BCUT2D eigenvalue weighted by molar-refractivity contribution is -0.151. The second kappa shape index (κ2) is 15.4. The molecule has 4 aliphatic heterocycles. The van der Waals surface area contributed by atoms with E-state index in [-0.39, 0.29) is 49.6 Å². The zero-order valence-corrected chi connectivity index (χ0v) is 32.9. The van der Waals surface area contributed by atoms with Gasteiger partial charge < -0.3 is 29.2 Å². The number of rotatable bonds is 11. The number of nitrogens with zero attached hydrogens (tertiary/aromatic N) is 4. The summed E-state index contributed by atoms with van der Waals surface area (Å²) >= 11 is 0. The number of esters is 1. The number of fused-ring (bicyclic) bond motifs is 3. The summed E-state index contributed by atoms with van der Waals surface area (Å²) in [7, 11) is -1.77. The molecule has 4 aliphatic rings. The number of hydrogen-bond donors (Lipinski definition) is 2. The summed E-state index contributed by atoms with van der Waals surface area (Å²) in [6, 6.07) is 22.6. The minimum atomic E-state index is -3.12. The Bertz CT molecular complexity index is 2000. The number of hydrazone groups is 1. The molecule has 0 radical (unpaired) electrons. The highest BCUT2D eigenvalue weighted by molar-refractivity contribution is 6.71. The molecular formula is C42H50N4O8Si. The fraction of sp³-hybridized carbons (Fsp3) is 0.452. The maximum Gasteiger partial charge on any atom is 0.305 e. The van der Waals surface area contributed by atoms with Gasteiger partial charge in [-0.2, -0.15) is 5.10 Å². The number of hydrogen-bond acceptors (Lipinski definition) is 9. The van der Waals surface area contributed by atoms with Gasteiger partial charge in [-0.25, -0.2) is 5.01 Å². The van der Waals surface area contributed by atoms with E-state index in [0.717, 1.165) is 22.4 Å². The van der Waals surface area contributed by atoms with E-state index in [0.29, 0.717) is 55.7 Å². The van der Waals surface area contributed by atoms with Crippen molar-refractivity contribution in [2.45, 2.75) is 94.8 Å². The molecule has 1 saturated heterocycles. The number of carbonyl (C=O) groups excluding carboxylic acids is 4. The first-order valence-corrected chi connectivity index (χ1v) is 22.3. The first-order chi connectivity index (χ1) is 26.4. The highest BCUT2D eigenvalue weighted by atomic mass is 28.4. The van der Waals surface area contributed by atoms with Gasteiger partial charge in [-0.15, -0.1) is 0 Å². The average molecular weight is 767 g/mol. The zero-order chi connectivity index (χ0) is 39.1. The number of anilines is 2. The van der Waals surface area contributed by atoms with Gasteiger partial charge in [0, 0.05) is 49.4 Å². The number of amides is 3. The molecule has 7 rings (SSSR count). The zero-order valence-electron chi connectivity index (χ0n) is 31.9. The molecule has 5 atom stereocenters. The summed E-state index contributed by atoms with van der Waals surface area (Å²) in [5, 5.41) is 16.5. The summed E-state index contributed by atoms with van der Waals surface area (Å²) in [6.45, 7) is 6.00. The third kappa shape index (κ3) is 7.14. The number of methoxy groups -OCH3 is 1. The maximum absolute atomic E-state index is 15.0. The predicted octanol–water partition coefficient (Wildman–Crippen LogP) is 5.04. The number of aliphatic hydroxyl groups excluding tert-OH is 1. The van der Waals surface area contributed by atoms with Crippen molar-refractivity contribution in [3.63, 3.8) is 0 Å². The minimum absolute atomic E-state index is 0.0802. The second-order valence-electron chi connectivity index (χ2n) is 15.7. The third-order valence-corrected chi connectivity index (χ3v) is 14.4. The van der Waals surface area contributed by atoms with Gasteiger partial charge in [-0.05, 0) is 67.2 Å². The van der Waals surface area contributed by atoms with Gasteiger partial charge in [0.2, 0.25) is 11.8 Å². The number of unbranched alkanes of at least 4 members (excludes halogenated alkanes) is 1. The summed E-state index contributed by atoms with van der Waals surface area (Å²) in [5.41, 5.74) is 3.40. The van der Waals surface area contributed by atoms with E-state index < -0.39 is 37.5 Å². The Balaban J connectivity index is 1.26. The quantitative estimate of drug-likeness (QED) is 0.157. The Morgan fingerprint density at radius 1 is 1.00 bits per heavy atom. The molecule has 0 bridgehead atoms. The third-order valence-electron chi connectivity index (χ3n) is 11.9. The topological polar surface area (TPSA) is 149 Å². The molecule has 55 heavy (non-hydrogen) atoms.